The number of carbonyl (C=O) groups is 1. The first-order chi connectivity index (χ1) is 11.2. The summed E-state index contributed by atoms with van der Waals surface area (Å²) >= 11 is 6.10. The number of rotatable bonds is 8. The third-order valence-corrected chi connectivity index (χ3v) is 4.07. The van der Waals surface area contributed by atoms with Crippen LogP contribution in [0.2, 0.25) is 5.02 Å². The van der Waals surface area contributed by atoms with Crippen LogP contribution in [-0.2, 0) is 17.8 Å². The lowest BCUT2D eigenvalue weighted by Gasteiger charge is -2.17. The van der Waals surface area contributed by atoms with Gasteiger partial charge in [0.05, 0.1) is 0 Å². The molecule has 0 bridgehead atoms. The maximum absolute atomic E-state index is 12.1. The fourth-order valence-corrected chi connectivity index (χ4v) is 2.42. The normalized spacial score (nSPS) is 10.5. The second-order valence-electron chi connectivity index (χ2n) is 5.44. The Balaban J connectivity index is 1.65. The number of amides is 1. The summed E-state index contributed by atoms with van der Waals surface area (Å²) in [4.78, 5) is 17.9. The summed E-state index contributed by atoms with van der Waals surface area (Å²) < 4.78 is 0. The smallest absolute Gasteiger partial charge is 0.223 e. The highest BCUT2D eigenvalue weighted by atomic mass is 35.5. The minimum Gasteiger partial charge on any atom is -0.345 e. The van der Waals surface area contributed by atoms with Crippen molar-refractivity contribution in [3.05, 3.63) is 64.9 Å². The summed E-state index contributed by atoms with van der Waals surface area (Å²) in [6, 6.07) is 11.7. The lowest BCUT2D eigenvalue weighted by Crippen LogP contribution is -2.31. The van der Waals surface area contributed by atoms with Crippen LogP contribution in [0.4, 0.5) is 0 Å². The molecule has 0 unspecified atom stereocenters. The zero-order chi connectivity index (χ0) is 16.5. The van der Waals surface area contributed by atoms with E-state index in [0.717, 1.165) is 17.0 Å². The Bertz CT molecular complexity index is 619. The van der Waals surface area contributed by atoms with Crippen molar-refractivity contribution in [3.8, 4) is 0 Å². The lowest BCUT2D eigenvalue weighted by molar-refractivity contribution is -0.129. The fourth-order valence-electron chi connectivity index (χ4n) is 2.22. The summed E-state index contributed by atoms with van der Waals surface area (Å²) in [5.41, 5.74) is 2.24. The van der Waals surface area contributed by atoms with Gasteiger partial charge in [-0.1, -0.05) is 29.8 Å². The molecule has 0 saturated carbocycles. The number of nitrogens with one attached hydrogen (secondary N) is 1. The molecule has 0 aliphatic carbocycles. The highest BCUT2D eigenvalue weighted by Gasteiger charge is 2.08. The zero-order valence-corrected chi connectivity index (χ0v) is 14.1. The van der Waals surface area contributed by atoms with E-state index in [4.69, 9.17) is 11.6 Å². The van der Waals surface area contributed by atoms with E-state index >= 15 is 0 Å². The maximum Gasteiger partial charge on any atom is 0.223 e. The van der Waals surface area contributed by atoms with Crippen molar-refractivity contribution < 1.29 is 4.79 Å². The van der Waals surface area contributed by atoms with Crippen molar-refractivity contribution in [2.75, 3.05) is 20.1 Å². The van der Waals surface area contributed by atoms with Gasteiger partial charge in [0.25, 0.3) is 0 Å². The van der Waals surface area contributed by atoms with E-state index in [1.165, 1.54) is 5.56 Å². The summed E-state index contributed by atoms with van der Waals surface area (Å²) in [7, 11) is 1.84. The molecule has 0 radical (unpaired) electrons. The predicted molar refractivity (Wildman–Crippen MR) is 93.4 cm³/mol. The second-order valence-corrected chi connectivity index (χ2v) is 5.85. The Morgan fingerprint density at radius 2 is 1.96 bits per heavy atom. The molecule has 5 heteroatoms. The Labute approximate surface area is 142 Å². The van der Waals surface area contributed by atoms with E-state index in [1.807, 2.05) is 43.4 Å². The third-order valence-electron chi connectivity index (χ3n) is 3.70. The number of likely N-dealkylation sites (N-methyl/N-ethyl adjacent to an activating group) is 1. The molecule has 1 aromatic heterocycles. The highest BCUT2D eigenvalue weighted by Crippen LogP contribution is 2.14. The molecular formula is C18H22ClN3O. The van der Waals surface area contributed by atoms with Crippen LogP contribution in [0.5, 0.6) is 0 Å². The number of hydrogen-bond donors (Lipinski definition) is 1. The number of carbonyl (C=O) groups excluding carboxylic acids is 1. The average Bonchev–Trinajstić information content (AvgIpc) is 2.58. The molecule has 0 saturated heterocycles. The van der Waals surface area contributed by atoms with E-state index < -0.39 is 0 Å². The molecule has 2 rings (SSSR count). The van der Waals surface area contributed by atoms with Crippen LogP contribution >= 0.6 is 11.6 Å². The minimum atomic E-state index is 0.144. The van der Waals surface area contributed by atoms with E-state index in [0.29, 0.717) is 26.1 Å². The number of hydrogen-bond acceptors (Lipinski definition) is 3. The number of benzene rings is 1. The zero-order valence-electron chi connectivity index (χ0n) is 13.3. The number of halogens is 1. The molecule has 0 fully saturated rings. The number of pyridine rings is 1. The van der Waals surface area contributed by atoms with E-state index in [2.05, 4.69) is 10.3 Å². The average molecular weight is 332 g/mol. The van der Waals surface area contributed by atoms with Gasteiger partial charge in [0.2, 0.25) is 5.91 Å². The van der Waals surface area contributed by atoms with Crippen molar-refractivity contribution in [2.45, 2.75) is 19.4 Å². The SMILES string of the molecule is CN(CCc1ccncc1)C(=O)CCNCc1ccccc1Cl. The van der Waals surface area contributed by atoms with Crippen LogP contribution in [-0.4, -0.2) is 35.9 Å². The quantitative estimate of drug-likeness (QED) is 0.756. The topological polar surface area (TPSA) is 45.2 Å². The summed E-state index contributed by atoms with van der Waals surface area (Å²) in [5.74, 6) is 0.144. The monoisotopic (exact) mass is 331 g/mol. The molecule has 122 valence electrons. The van der Waals surface area contributed by atoms with Gasteiger partial charge in [-0.3, -0.25) is 9.78 Å². The van der Waals surface area contributed by atoms with E-state index in [1.54, 1.807) is 17.3 Å². The predicted octanol–water partition coefficient (Wildman–Crippen LogP) is 2.92. The van der Waals surface area contributed by atoms with Gasteiger partial charge in [-0.05, 0) is 35.7 Å². The summed E-state index contributed by atoms with van der Waals surface area (Å²) in [5, 5.41) is 4.01. The van der Waals surface area contributed by atoms with Gasteiger partial charge < -0.3 is 10.2 Å². The Morgan fingerprint density at radius 3 is 2.70 bits per heavy atom. The summed E-state index contributed by atoms with van der Waals surface area (Å²) in [6.45, 7) is 2.03. The van der Waals surface area contributed by atoms with Crippen LogP contribution in [0.3, 0.4) is 0 Å². The molecule has 1 N–H and O–H groups in total. The molecule has 1 aromatic carbocycles. The van der Waals surface area contributed by atoms with Crippen LogP contribution < -0.4 is 5.32 Å². The maximum atomic E-state index is 12.1. The van der Waals surface area contributed by atoms with Crippen molar-refractivity contribution in [3.63, 3.8) is 0 Å². The van der Waals surface area contributed by atoms with Crippen molar-refractivity contribution in [1.29, 1.82) is 0 Å². The van der Waals surface area contributed by atoms with Crippen LogP contribution in [0, 0.1) is 0 Å². The first kappa shape index (κ1) is 17.4. The molecule has 0 aliphatic heterocycles. The standard InChI is InChI=1S/C18H22ClN3O/c1-22(13-9-15-6-10-20-11-7-15)18(23)8-12-21-14-16-4-2-3-5-17(16)19/h2-7,10-11,21H,8-9,12-14H2,1H3. The van der Waals surface area contributed by atoms with Crippen LogP contribution in [0.15, 0.2) is 48.8 Å². The number of aromatic nitrogens is 1. The molecule has 4 nitrogen and oxygen atoms in total. The van der Waals surface area contributed by atoms with Crippen LogP contribution in [0.1, 0.15) is 17.5 Å². The second kappa shape index (κ2) is 9.28. The van der Waals surface area contributed by atoms with Crippen molar-refractivity contribution in [2.24, 2.45) is 0 Å². The van der Waals surface area contributed by atoms with Gasteiger partial charge >= 0.3 is 0 Å². The third kappa shape index (κ3) is 6.00. The van der Waals surface area contributed by atoms with Crippen LogP contribution in [0.25, 0.3) is 0 Å². The first-order valence-electron chi connectivity index (χ1n) is 7.74. The van der Waals surface area contributed by atoms with Gasteiger partial charge in [0.15, 0.2) is 0 Å². The first-order valence-corrected chi connectivity index (χ1v) is 8.11. The van der Waals surface area contributed by atoms with E-state index in [9.17, 15) is 4.79 Å². The molecule has 0 atom stereocenters. The molecule has 1 heterocycles. The number of nitrogens with zero attached hydrogens (tertiary/aromatic N) is 2. The van der Waals surface area contributed by atoms with Gasteiger partial charge in [-0.2, -0.15) is 0 Å². The van der Waals surface area contributed by atoms with Crippen molar-refractivity contribution in [1.82, 2.24) is 15.2 Å². The molecule has 0 aliphatic rings. The van der Waals surface area contributed by atoms with Gasteiger partial charge in [0.1, 0.15) is 0 Å². The Morgan fingerprint density at radius 1 is 1.22 bits per heavy atom. The van der Waals surface area contributed by atoms with Crippen molar-refractivity contribution >= 4 is 17.5 Å². The van der Waals surface area contributed by atoms with Gasteiger partial charge in [0, 0.05) is 50.5 Å². The fraction of sp³-hybridized carbons (Fsp3) is 0.333. The molecular weight excluding hydrogens is 310 g/mol. The molecule has 0 spiro atoms. The summed E-state index contributed by atoms with van der Waals surface area (Å²) in [6.07, 6.45) is 4.88. The Hall–Kier alpha value is -1.91. The largest absolute Gasteiger partial charge is 0.345 e. The molecule has 1 amide bonds. The Kier molecular flexibility index (Phi) is 7.04. The highest BCUT2D eigenvalue weighted by molar-refractivity contribution is 6.31. The lowest BCUT2D eigenvalue weighted by atomic mass is 10.2. The molecule has 23 heavy (non-hydrogen) atoms. The van der Waals surface area contributed by atoms with Gasteiger partial charge in [-0.25, -0.2) is 0 Å². The molecule has 2 aromatic rings. The van der Waals surface area contributed by atoms with Gasteiger partial charge in [-0.15, -0.1) is 0 Å². The van der Waals surface area contributed by atoms with E-state index in [-0.39, 0.29) is 5.91 Å². The minimum absolute atomic E-state index is 0.144.